The van der Waals surface area contributed by atoms with Crippen LogP contribution < -0.4 is 0 Å². The second-order valence-corrected chi connectivity index (χ2v) is 7.56. The van der Waals surface area contributed by atoms with Crippen LogP contribution in [0.15, 0.2) is 0 Å². The molecule has 0 bridgehead atoms. The van der Waals surface area contributed by atoms with Crippen molar-refractivity contribution in [3.8, 4) is 0 Å². The van der Waals surface area contributed by atoms with Crippen LogP contribution in [0, 0.1) is 11.8 Å². The number of hydrogen-bond donors (Lipinski definition) is 0. The van der Waals surface area contributed by atoms with Gasteiger partial charge < -0.3 is 9.64 Å². The molecule has 4 heteroatoms. The number of rotatable bonds is 2. The molecule has 2 rings (SSSR count). The summed E-state index contributed by atoms with van der Waals surface area (Å²) in [5.41, 5.74) is -0.0464. The zero-order valence-electron chi connectivity index (χ0n) is 13.7. The number of carbonyl (C=O) groups excluding carboxylic acids is 1. The lowest BCUT2D eigenvalue weighted by atomic mass is 9.92. The molecule has 0 aromatic rings. The van der Waals surface area contributed by atoms with Gasteiger partial charge in [-0.3, -0.25) is 9.69 Å². The molecule has 2 aliphatic heterocycles. The minimum absolute atomic E-state index is 0.0464. The molecule has 0 aromatic carbocycles. The van der Waals surface area contributed by atoms with E-state index in [1.54, 1.807) is 0 Å². The Morgan fingerprint density at radius 1 is 1.15 bits per heavy atom. The first kappa shape index (κ1) is 15.8. The zero-order valence-corrected chi connectivity index (χ0v) is 13.7. The second kappa shape index (κ2) is 6.02. The van der Waals surface area contributed by atoms with Gasteiger partial charge in [-0.25, -0.2) is 0 Å². The topological polar surface area (TPSA) is 32.8 Å². The molecule has 0 aliphatic carbocycles. The van der Waals surface area contributed by atoms with Gasteiger partial charge in [-0.05, 0) is 39.0 Å². The lowest BCUT2D eigenvalue weighted by molar-refractivity contribution is -0.143. The van der Waals surface area contributed by atoms with Crippen molar-refractivity contribution in [2.24, 2.45) is 11.8 Å². The summed E-state index contributed by atoms with van der Waals surface area (Å²) in [5.74, 6) is 1.53. The third-order valence-electron chi connectivity index (χ3n) is 4.60. The number of carbonyl (C=O) groups is 1. The van der Waals surface area contributed by atoms with E-state index >= 15 is 0 Å². The van der Waals surface area contributed by atoms with Gasteiger partial charge in [-0.2, -0.15) is 0 Å². The molecule has 0 unspecified atom stereocenters. The maximum Gasteiger partial charge on any atom is 0.236 e. The molecule has 0 saturated carbocycles. The lowest BCUT2D eigenvalue weighted by Crippen LogP contribution is -2.58. The van der Waals surface area contributed by atoms with Crippen molar-refractivity contribution in [1.82, 2.24) is 9.80 Å². The zero-order chi connectivity index (χ0) is 14.9. The average molecular weight is 282 g/mol. The molecule has 1 amide bonds. The molecule has 2 saturated heterocycles. The van der Waals surface area contributed by atoms with Crippen molar-refractivity contribution in [3.63, 3.8) is 0 Å². The minimum atomic E-state index is -0.0464. The van der Waals surface area contributed by atoms with E-state index in [1.165, 1.54) is 6.42 Å². The Labute approximate surface area is 123 Å². The summed E-state index contributed by atoms with van der Waals surface area (Å²) in [6.45, 7) is 14.8. The first-order valence-electron chi connectivity index (χ1n) is 7.92. The number of amides is 1. The van der Waals surface area contributed by atoms with Gasteiger partial charge in [0.1, 0.15) is 0 Å². The molecule has 3 atom stereocenters. The van der Waals surface area contributed by atoms with Crippen LogP contribution in [0.4, 0.5) is 0 Å². The second-order valence-electron chi connectivity index (χ2n) is 7.56. The number of hydrogen-bond acceptors (Lipinski definition) is 3. The lowest BCUT2D eigenvalue weighted by Gasteiger charge is -2.45. The number of morpholine rings is 1. The predicted octanol–water partition coefficient (Wildman–Crippen LogP) is 1.99. The van der Waals surface area contributed by atoms with Crippen molar-refractivity contribution < 1.29 is 9.53 Å². The van der Waals surface area contributed by atoms with Gasteiger partial charge in [-0.1, -0.05) is 13.8 Å². The van der Waals surface area contributed by atoms with Gasteiger partial charge in [-0.15, -0.1) is 0 Å². The van der Waals surface area contributed by atoms with E-state index in [2.05, 4.69) is 44.4 Å². The number of nitrogens with zero attached hydrogens (tertiary/aromatic N) is 2. The molecule has 116 valence electrons. The molecule has 4 nitrogen and oxygen atoms in total. The first-order valence-corrected chi connectivity index (χ1v) is 7.92. The number of likely N-dealkylation sites (tertiary alicyclic amines) is 1. The highest BCUT2D eigenvalue weighted by Crippen LogP contribution is 2.24. The van der Waals surface area contributed by atoms with E-state index in [9.17, 15) is 4.79 Å². The predicted molar refractivity (Wildman–Crippen MR) is 80.6 cm³/mol. The van der Waals surface area contributed by atoms with Gasteiger partial charge in [0.05, 0.1) is 19.3 Å². The van der Waals surface area contributed by atoms with Gasteiger partial charge in [0, 0.05) is 25.2 Å². The highest BCUT2D eigenvalue weighted by Gasteiger charge is 2.36. The summed E-state index contributed by atoms with van der Waals surface area (Å²) in [4.78, 5) is 16.9. The largest absolute Gasteiger partial charge is 0.375 e. The fourth-order valence-electron chi connectivity index (χ4n) is 3.46. The Hall–Kier alpha value is -0.610. The smallest absolute Gasteiger partial charge is 0.236 e. The van der Waals surface area contributed by atoms with Crippen molar-refractivity contribution in [2.75, 3.05) is 32.8 Å². The molecule has 2 fully saturated rings. The average Bonchev–Trinajstić information content (AvgIpc) is 2.33. The Morgan fingerprint density at radius 3 is 2.35 bits per heavy atom. The maximum absolute atomic E-state index is 12.6. The van der Waals surface area contributed by atoms with Gasteiger partial charge >= 0.3 is 0 Å². The Morgan fingerprint density at radius 2 is 1.75 bits per heavy atom. The highest BCUT2D eigenvalue weighted by atomic mass is 16.5. The van der Waals surface area contributed by atoms with Crippen LogP contribution in [0.3, 0.4) is 0 Å². The van der Waals surface area contributed by atoms with Gasteiger partial charge in [0.2, 0.25) is 5.91 Å². The first-order chi connectivity index (χ1) is 9.28. The van der Waals surface area contributed by atoms with E-state index in [4.69, 9.17) is 4.74 Å². The summed E-state index contributed by atoms with van der Waals surface area (Å²) >= 11 is 0. The molecule has 0 N–H and O–H groups in total. The normalized spacial score (nSPS) is 35.0. The fraction of sp³-hybridized carbons (Fsp3) is 0.938. The van der Waals surface area contributed by atoms with Gasteiger partial charge in [0.25, 0.3) is 0 Å². The van der Waals surface area contributed by atoms with Crippen LogP contribution in [-0.2, 0) is 9.53 Å². The molecule has 2 aliphatic rings. The van der Waals surface area contributed by atoms with E-state index in [0.29, 0.717) is 25.0 Å². The highest BCUT2D eigenvalue weighted by molar-refractivity contribution is 5.78. The third-order valence-corrected chi connectivity index (χ3v) is 4.60. The van der Waals surface area contributed by atoms with Crippen LogP contribution >= 0.6 is 0 Å². The van der Waals surface area contributed by atoms with Crippen molar-refractivity contribution in [3.05, 3.63) is 0 Å². The van der Waals surface area contributed by atoms with E-state index in [1.807, 2.05) is 0 Å². The summed E-state index contributed by atoms with van der Waals surface area (Å²) in [6.07, 6.45) is 1.46. The summed E-state index contributed by atoms with van der Waals surface area (Å²) in [5, 5.41) is 0. The molecule has 2 heterocycles. The maximum atomic E-state index is 12.6. The molecule has 0 aromatic heterocycles. The Kier molecular flexibility index (Phi) is 4.75. The van der Waals surface area contributed by atoms with Crippen LogP contribution in [0.2, 0.25) is 0 Å². The quantitative estimate of drug-likeness (QED) is 0.776. The van der Waals surface area contributed by atoms with Crippen molar-refractivity contribution in [1.29, 1.82) is 0 Å². The number of piperidine rings is 1. The third kappa shape index (κ3) is 3.73. The van der Waals surface area contributed by atoms with Crippen molar-refractivity contribution >= 4 is 5.91 Å². The van der Waals surface area contributed by atoms with E-state index in [-0.39, 0.29) is 17.6 Å². The monoisotopic (exact) mass is 282 g/mol. The summed E-state index contributed by atoms with van der Waals surface area (Å²) < 4.78 is 5.72. The van der Waals surface area contributed by atoms with E-state index in [0.717, 1.165) is 19.6 Å². The molecule has 20 heavy (non-hydrogen) atoms. The van der Waals surface area contributed by atoms with Crippen LogP contribution in [-0.4, -0.2) is 60.1 Å². The Balaban J connectivity index is 1.96. The fourth-order valence-corrected chi connectivity index (χ4v) is 3.46. The van der Waals surface area contributed by atoms with Crippen molar-refractivity contribution in [2.45, 2.75) is 52.7 Å². The van der Waals surface area contributed by atoms with Crippen LogP contribution in [0.5, 0.6) is 0 Å². The number of ether oxygens (including phenoxy) is 1. The van der Waals surface area contributed by atoms with Crippen LogP contribution in [0.25, 0.3) is 0 Å². The van der Waals surface area contributed by atoms with E-state index < -0.39 is 0 Å². The van der Waals surface area contributed by atoms with Crippen LogP contribution in [0.1, 0.15) is 41.0 Å². The molecular weight excluding hydrogens is 252 g/mol. The minimum Gasteiger partial charge on any atom is -0.375 e. The summed E-state index contributed by atoms with van der Waals surface area (Å²) in [7, 11) is 0. The molecule has 0 radical (unpaired) electrons. The summed E-state index contributed by atoms with van der Waals surface area (Å²) in [6, 6.07) is 0. The molecule has 0 spiro atoms. The SMILES string of the molecule is C[C@@H]1C[C@@H](C)CN(C(=O)CN2C[C@@H](C)OCC2(C)C)C1. The molecular formula is C16H30N2O2. The standard InChI is InChI=1S/C16H30N2O2/c1-12-6-13(2)8-17(7-12)15(19)10-18-9-14(3)20-11-16(18,4)5/h12-14H,6-11H2,1-5H3/t12-,13-,14-/m1/s1. The Bertz CT molecular complexity index is 346. The van der Waals surface area contributed by atoms with Gasteiger partial charge in [0.15, 0.2) is 0 Å².